The largest absolute Gasteiger partial charge is 0.491 e. The summed E-state index contributed by atoms with van der Waals surface area (Å²) in [7, 11) is 0. The van der Waals surface area contributed by atoms with E-state index in [4.69, 9.17) is 10.5 Å². The molecule has 0 amide bonds. The minimum Gasteiger partial charge on any atom is -0.491 e. The summed E-state index contributed by atoms with van der Waals surface area (Å²) in [6.45, 7) is 1.62. The van der Waals surface area contributed by atoms with E-state index in [1.807, 2.05) is 0 Å². The first-order valence-electron chi connectivity index (χ1n) is 5.69. The number of hydrogen-bond acceptors (Lipinski definition) is 5. The van der Waals surface area contributed by atoms with Gasteiger partial charge in [0.25, 0.3) is 6.43 Å². The number of para-hydroxylation sites is 1. The van der Waals surface area contributed by atoms with Crippen LogP contribution in [0, 0.1) is 0 Å². The topological polar surface area (TPSA) is 78.8 Å². The molecule has 0 saturated heterocycles. The second kappa shape index (κ2) is 5.59. The van der Waals surface area contributed by atoms with Gasteiger partial charge in [0.15, 0.2) is 11.6 Å². The molecule has 0 unspecified atom stereocenters. The molecule has 1 aromatic heterocycles. The van der Waals surface area contributed by atoms with Crippen LogP contribution >= 0.6 is 0 Å². The second-order valence-corrected chi connectivity index (χ2v) is 3.73. The lowest BCUT2D eigenvalue weighted by molar-refractivity contribution is 0.121. The number of halogens is 2. The number of ether oxygens (including phenoxy) is 1. The van der Waals surface area contributed by atoms with Gasteiger partial charge in [0.2, 0.25) is 0 Å². The fourth-order valence-electron chi connectivity index (χ4n) is 1.69. The Kier molecular flexibility index (Phi) is 3.88. The van der Waals surface area contributed by atoms with Gasteiger partial charge in [-0.3, -0.25) is 0 Å². The molecule has 0 bridgehead atoms. The molecule has 102 valence electrons. The van der Waals surface area contributed by atoms with Crippen molar-refractivity contribution >= 4 is 5.69 Å². The summed E-state index contributed by atoms with van der Waals surface area (Å²) in [5.41, 5.74) is 6.72. The predicted molar refractivity (Wildman–Crippen MR) is 64.8 cm³/mol. The van der Waals surface area contributed by atoms with Crippen LogP contribution in [-0.2, 0) is 6.54 Å². The lowest BCUT2D eigenvalue weighted by atomic mass is 10.1. The van der Waals surface area contributed by atoms with Gasteiger partial charge in [-0.05, 0) is 29.5 Å². The van der Waals surface area contributed by atoms with Crippen LogP contribution in [0.1, 0.15) is 6.92 Å². The number of hydrogen-bond donors (Lipinski definition) is 1. The van der Waals surface area contributed by atoms with E-state index in [0.29, 0.717) is 23.6 Å². The molecule has 0 atom stereocenters. The van der Waals surface area contributed by atoms with Gasteiger partial charge in [0.1, 0.15) is 6.54 Å². The van der Waals surface area contributed by atoms with Crippen LogP contribution in [0.25, 0.3) is 11.4 Å². The number of alkyl halides is 2. The van der Waals surface area contributed by atoms with Gasteiger partial charge >= 0.3 is 0 Å². The van der Waals surface area contributed by atoms with Crippen molar-refractivity contribution in [1.82, 2.24) is 20.2 Å². The molecule has 2 rings (SSSR count). The number of anilines is 1. The maximum absolute atomic E-state index is 12.4. The third-order valence-electron chi connectivity index (χ3n) is 2.42. The molecule has 0 radical (unpaired) electrons. The summed E-state index contributed by atoms with van der Waals surface area (Å²) in [5.74, 6) is 0.603. The van der Waals surface area contributed by atoms with Crippen molar-refractivity contribution < 1.29 is 13.5 Å². The highest BCUT2D eigenvalue weighted by Gasteiger charge is 2.18. The van der Waals surface area contributed by atoms with E-state index in [1.165, 1.54) is 0 Å². The third-order valence-corrected chi connectivity index (χ3v) is 2.42. The first-order valence-corrected chi connectivity index (χ1v) is 5.69. The van der Waals surface area contributed by atoms with Crippen LogP contribution in [0.2, 0.25) is 0 Å². The molecule has 0 aliphatic heterocycles. The molecule has 1 aromatic carbocycles. The molecular formula is C11H13F2N5O. The Morgan fingerprint density at radius 2 is 2.21 bits per heavy atom. The van der Waals surface area contributed by atoms with Crippen LogP contribution in [0.15, 0.2) is 18.2 Å². The monoisotopic (exact) mass is 269 g/mol. The SMILES string of the molecule is CCOc1c(N)cccc1-c1nnnn1CC(F)F. The summed E-state index contributed by atoms with van der Waals surface area (Å²) in [6, 6.07) is 5.03. The van der Waals surface area contributed by atoms with Gasteiger partial charge in [0.05, 0.1) is 17.9 Å². The van der Waals surface area contributed by atoms with Crippen LogP contribution in [0.3, 0.4) is 0 Å². The summed E-state index contributed by atoms with van der Waals surface area (Å²) < 4.78 is 31.4. The summed E-state index contributed by atoms with van der Waals surface area (Å²) in [5, 5.41) is 10.7. The van der Waals surface area contributed by atoms with Crippen molar-refractivity contribution in [2.45, 2.75) is 19.9 Å². The summed E-state index contributed by atoms with van der Waals surface area (Å²) >= 11 is 0. The zero-order valence-corrected chi connectivity index (χ0v) is 10.3. The Morgan fingerprint density at radius 3 is 2.89 bits per heavy atom. The van der Waals surface area contributed by atoms with E-state index in [2.05, 4.69) is 15.5 Å². The number of tetrazole rings is 1. The highest BCUT2D eigenvalue weighted by atomic mass is 19.3. The van der Waals surface area contributed by atoms with Gasteiger partial charge < -0.3 is 10.5 Å². The van der Waals surface area contributed by atoms with E-state index in [9.17, 15) is 8.78 Å². The highest BCUT2D eigenvalue weighted by Crippen LogP contribution is 2.33. The zero-order chi connectivity index (χ0) is 13.8. The number of nitrogens with two attached hydrogens (primary N) is 1. The fourth-order valence-corrected chi connectivity index (χ4v) is 1.69. The number of nitrogens with zero attached hydrogens (tertiary/aromatic N) is 4. The Labute approximate surface area is 108 Å². The minimum absolute atomic E-state index is 0.205. The first-order chi connectivity index (χ1) is 9.13. The quantitative estimate of drug-likeness (QED) is 0.834. The summed E-state index contributed by atoms with van der Waals surface area (Å²) in [4.78, 5) is 0. The van der Waals surface area contributed by atoms with Crippen LogP contribution in [0.4, 0.5) is 14.5 Å². The van der Waals surface area contributed by atoms with Crippen LogP contribution in [0.5, 0.6) is 5.75 Å². The lowest BCUT2D eigenvalue weighted by Crippen LogP contribution is -2.10. The molecule has 8 heteroatoms. The molecule has 6 nitrogen and oxygen atoms in total. The number of nitrogen functional groups attached to an aromatic ring is 1. The van der Waals surface area contributed by atoms with E-state index in [-0.39, 0.29) is 5.82 Å². The van der Waals surface area contributed by atoms with Gasteiger partial charge in [-0.25, -0.2) is 13.5 Å². The first kappa shape index (κ1) is 13.2. The third kappa shape index (κ3) is 2.78. The van der Waals surface area contributed by atoms with Crippen LogP contribution in [-0.4, -0.2) is 33.2 Å². The summed E-state index contributed by atoms with van der Waals surface area (Å²) in [6.07, 6.45) is -2.54. The Morgan fingerprint density at radius 1 is 1.42 bits per heavy atom. The molecule has 0 fully saturated rings. The maximum atomic E-state index is 12.4. The molecule has 0 saturated carbocycles. The minimum atomic E-state index is -2.54. The fraction of sp³-hybridized carbons (Fsp3) is 0.364. The Balaban J connectivity index is 2.47. The van der Waals surface area contributed by atoms with Crippen molar-refractivity contribution in [2.24, 2.45) is 0 Å². The maximum Gasteiger partial charge on any atom is 0.258 e. The van der Waals surface area contributed by atoms with Gasteiger partial charge in [-0.1, -0.05) is 6.07 Å². The average Bonchev–Trinajstić information content (AvgIpc) is 2.79. The average molecular weight is 269 g/mol. The molecule has 0 spiro atoms. The number of aromatic nitrogens is 4. The second-order valence-electron chi connectivity index (χ2n) is 3.73. The molecular weight excluding hydrogens is 256 g/mol. The van der Waals surface area contributed by atoms with E-state index < -0.39 is 13.0 Å². The highest BCUT2D eigenvalue weighted by molar-refractivity contribution is 5.73. The standard InChI is InChI=1S/C11H13F2N5O/c1-2-19-10-7(4-3-5-8(10)14)11-15-16-17-18(11)6-9(12)13/h3-5,9H,2,6,14H2,1H3. The van der Waals surface area contributed by atoms with Gasteiger partial charge in [-0.2, -0.15) is 0 Å². The van der Waals surface area contributed by atoms with E-state index in [0.717, 1.165) is 4.68 Å². The smallest absolute Gasteiger partial charge is 0.258 e. The van der Waals surface area contributed by atoms with Gasteiger partial charge in [0, 0.05) is 0 Å². The number of rotatable bonds is 5. The molecule has 1 heterocycles. The Bertz CT molecular complexity index is 558. The van der Waals surface area contributed by atoms with Crippen LogP contribution < -0.4 is 10.5 Å². The molecule has 0 aliphatic rings. The zero-order valence-electron chi connectivity index (χ0n) is 10.3. The lowest BCUT2D eigenvalue weighted by Gasteiger charge is -2.12. The molecule has 0 aliphatic carbocycles. The van der Waals surface area contributed by atoms with E-state index >= 15 is 0 Å². The van der Waals surface area contributed by atoms with Crippen molar-refractivity contribution in [3.63, 3.8) is 0 Å². The normalized spacial score (nSPS) is 10.9. The van der Waals surface area contributed by atoms with Crippen molar-refractivity contribution in [2.75, 3.05) is 12.3 Å². The van der Waals surface area contributed by atoms with E-state index in [1.54, 1.807) is 25.1 Å². The molecule has 2 aromatic rings. The van der Waals surface area contributed by atoms with Crippen molar-refractivity contribution in [1.29, 1.82) is 0 Å². The van der Waals surface area contributed by atoms with Gasteiger partial charge in [-0.15, -0.1) is 5.10 Å². The molecule has 19 heavy (non-hydrogen) atoms. The molecule has 2 N–H and O–H groups in total. The van der Waals surface area contributed by atoms with Crippen molar-refractivity contribution in [3.8, 4) is 17.1 Å². The van der Waals surface area contributed by atoms with Crippen molar-refractivity contribution in [3.05, 3.63) is 18.2 Å². The number of benzene rings is 1. The predicted octanol–water partition coefficient (Wildman–Crippen LogP) is 1.59. The Hall–Kier alpha value is -2.25.